The van der Waals surface area contributed by atoms with Crippen LogP contribution in [0.15, 0.2) is 53.5 Å². The third-order valence-corrected chi connectivity index (χ3v) is 2.71. The molecule has 98 valence electrons. The first-order valence-corrected chi connectivity index (χ1v) is 6.02. The van der Waals surface area contributed by atoms with E-state index in [1.54, 1.807) is 13.0 Å². The fourth-order valence-corrected chi connectivity index (χ4v) is 1.62. The van der Waals surface area contributed by atoms with Gasteiger partial charge in [0.25, 0.3) is 0 Å². The van der Waals surface area contributed by atoms with Crippen molar-refractivity contribution in [2.45, 2.75) is 13.5 Å². The lowest BCUT2D eigenvalue weighted by Crippen LogP contribution is -2.22. The quantitative estimate of drug-likeness (QED) is 0.656. The SMILES string of the molecule is Cc1ccc(CN=C(N)Nc2ccccc2)cc1F. The van der Waals surface area contributed by atoms with Gasteiger partial charge in [-0.2, -0.15) is 0 Å². The number of para-hydroxylation sites is 1. The number of hydrogen-bond acceptors (Lipinski definition) is 1. The first-order chi connectivity index (χ1) is 9.15. The van der Waals surface area contributed by atoms with Crippen LogP contribution in [0.2, 0.25) is 0 Å². The van der Waals surface area contributed by atoms with Gasteiger partial charge in [-0.3, -0.25) is 0 Å². The molecule has 0 spiro atoms. The zero-order chi connectivity index (χ0) is 13.7. The molecule has 0 radical (unpaired) electrons. The molecule has 19 heavy (non-hydrogen) atoms. The Balaban J connectivity index is 1.99. The first-order valence-electron chi connectivity index (χ1n) is 6.02. The second kappa shape index (κ2) is 6.00. The molecule has 2 aromatic carbocycles. The molecule has 2 aromatic rings. The van der Waals surface area contributed by atoms with Crippen LogP contribution in [0, 0.1) is 12.7 Å². The minimum absolute atomic E-state index is 0.220. The second-order valence-electron chi connectivity index (χ2n) is 4.28. The average Bonchev–Trinajstić information content (AvgIpc) is 2.41. The highest BCUT2D eigenvalue weighted by Gasteiger charge is 1.99. The van der Waals surface area contributed by atoms with Crippen molar-refractivity contribution in [2.75, 3.05) is 5.32 Å². The Morgan fingerprint density at radius 2 is 1.95 bits per heavy atom. The summed E-state index contributed by atoms with van der Waals surface area (Å²) in [4.78, 5) is 4.18. The molecule has 0 aliphatic heterocycles. The second-order valence-corrected chi connectivity index (χ2v) is 4.28. The molecule has 0 saturated carbocycles. The molecule has 0 heterocycles. The zero-order valence-corrected chi connectivity index (χ0v) is 10.7. The fourth-order valence-electron chi connectivity index (χ4n) is 1.62. The fraction of sp³-hybridized carbons (Fsp3) is 0.133. The predicted octanol–water partition coefficient (Wildman–Crippen LogP) is 3.06. The van der Waals surface area contributed by atoms with Crippen molar-refractivity contribution in [3.63, 3.8) is 0 Å². The molecule has 3 nitrogen and oxygen atoms in total. The van der Waals surface area contributed by atoms with E-state index in [9.17, 15) is 4.39 Å². The molecule has 4 heteroatoms. The Morgan fingerprint density at radius 1 is 1.21 bits per heavy atom. The third-order valence-electron chi connectivity index (χ3n) is 2.71. The van der Waals surface area contributed by atoms with Gasteiger partial charge in [-0.05, 0) is 36.2 Å². The van der Waals surface area contributed by atoms with Crippen LogP contribution >= 0.6 is 0 Å². The van der Waals surface area contributed by atoms with Crippen molar-refractivity contribution in [3.05, 3.63) is 65.5 Å². The van der Waals surface area contributed by atoms with Gasteiger partial charge in [-0.25, -0.2) is 9.38 Å². The summed E-state index contributed by atoms with van der Waals surface area (Å²) in [6.07, 6.45) is 0. The maximum absolute atomic E-state index is 13.4. The van der Waals surface area contributed by atoms with Crippen molar-refractivity contribution in [1.82, 2.24) is 0 Å². The number of aryl methyl sites for hydroxylation is 1. The molecular weight excluding hydrogens is 241 g/mol. The van der Waals surface area contributed by atoms with Gasteiger partial charge >= 0.3 is 0 Å². The van der Waals surface area contributed by atoms with Crippen LogP contribution in [0.5, 0.6) is 0 Å². The molecule has 3 N–H and O–H groups in total. The van der Waals surface area contributed by atoms with E-state index in [2.05, 4.69) is 10.3 Å². The Kier molecular flexibility index (Phi) is 4.13. The van der Waals surface area contributed by atoms with Gasteiger partial charge in [0.1, 0.15) is 5.82 Å². The largest absolute Gasteiger partial charge is 0.370 e. The Hall–Kier alpha value is -2.36. The maximum atomic E-state index is 13.4. The number of hydrogen-bond donors (Lipinski definition) is 2. The van der Waals surface area contributed by atoms with E-state index in [-0.39, 0.29) is 5.82 Å². The summed E-state index contributed by atoms with van der Waals surface area (Å²) in [7, 11) is 0. The normalized spacial score (nSPS) is 11.4. The monoisotopic (exact) mass is 257 g/mol. The molecule has 2 rings (SSSR count). The van der Waals surface area contributed by atoms with Gasteiger partial charge in [-0.1, -0.05) is 30.3 Å². The standard InChI is InChI=1S/C15H16FN3/c1-11-7-8-12(9-14(11)16)10-18-15(17)19-13-5-3-2-4-6-13/h2-9H,10H2,1H3,(H3,17,18,19). The number of guanidine groups is 1. The maximum Gasteiger partial charge on any atom is 0.193 e. The molecule has 0 saturated heterocycles. The van der Waals surface area contributed by atoms with Crippen LogP contribution in [-0.2, 0) is 6.54 Å². The number of nitrogens with one attached hydrogen (secondary N) is 1. The van der Waals surface area contributed by atoms with Crippen LogP contribution in [0.25, 0.3) is 0 Å². The molecule has 0 aliphatic carbocycles. The Labute approximate surface area is 112 Å². The van der Waals surface area contributed by atoms with E-state index in [1.165, 1.54) is 6.07 Å². The number of nitrogens with two attached hydrogens (primary N) is 1. The van der Waals surface area contributed by atoms with Gasteiger partial charge in [-0.15, -0.1) is 0 Å². The van der Waals surface area contributed by atoms with E-state index in [0.29, 0.717) is 18.1 Å². The van der Waals surface area contributed by atoms with Gasteiger partial charge in [0, 0.05) is 5.69 Å². The molecular formula is C15H16FN3. The lowest BCUT2D eigenvalue weighted by molar-refractivity contribution is 0.616. The van der Waals surface area contributed by atoms with Crippen molar-refractivity contribution < 1.29 is 4.39 Å². The van der Waals surface area contributed by atoms with Crippen molar-refractivity contribution in [1.29, 1.82) is 0 Å². The van der Waals surface area contributed by atoms with E-state index in [0.717, 1.165) is 11.3 Å². The third kappa shape index (κ3) is 3.81. The van der Waals surface area contributed by atoms with Crippen LogP contribution < -0.4 is 11.1 Å². The summed E-state index contributed by atoms with van der Waals surface area (Å²) < 4.78 is 13.4. The molecule has 0 aliphatic rings. The molecule has 0 fully saturated rings. The van der Waals surface area contributed by atoms with Gasteiger partial charge in [0.05, 0.1) is 6.54 Å². The minimum Gasteiger partial charge on any atom is -0.370 e. The minimum atomic E-state index is -0.220. The Bertz CT molecular complexity index is 579. The highest BCUT2D eigenvalue weighted by molar-refractivity contribution is 5.92. The van der Waals surface area contributed by atoms with Gasteiger partial charge in [0.2, 0.25) is 0 Å². The van der Waals surface area contributed by atoms with Crippen molar-refractivity contribution in [2.24, 2.45) is 10.7 Å². The lowest BCUT2D eigenvalue weighted by atomic mass is 10.1. The Morgan fingerprint density at radius 3 is 2.63 bits per heavy atom. The summed E-state index contributed by atoms with van der Waals surface area (Å²) in [6, 6.07) is 14.6. The lowest BCUT2D eigenvalue weighted by Gasteiger charge is -2.05. The number of benzene rings is 2. The highest BCUT2D eigenvalue weighted by atomic mass is 19.1. The molecule has 0 bridgehead atoms. The summed E-state index contributed by atoms with van der Waals surface area (Å²) in [6.45, 7) is 2.08. The van der Waals surface area contributed by atoms with Crippen molar-refractivity contribution in [3.8, 4) is 0 Å². The summed E-state index contributed by atoms with van der Waals surface area (Å²) in [5, 5.41) is 2.97. The van der Waals surface area contributed by atoms with Crippen molar-refractivity contribution >= 4 is 11.6 Å². The van der Waals surface area contributed by atoms with E-state index in [1.807, 2.05) is 36.4 Å². The number of anilines is 1. The summed E-state index contributed by atoms with van der Waals surface area (Å²) >= 11 is 0. The predicted molar refractivity (Wildman–Crippen MR) is 76.5 cm³/mol. The summed E-state index contributed by atoms with van der Waals surface area (Å²) in [5.41, 5.74) is 8.06. The van der Waals surface area contributed by atoms with Crippen LogP contribution in [0.4, 0.5) is 10.1 Å². The molecule has 0 aromatic heterocycles. The van der Waals surface area contributed by atoms with E-state index < -0.39 is 0 Å². The number of aliphatic imine (C=N–C) groups is 1. The molecule has 0 atom stereocenters. The van der Waals surface area contributed by atoms with Crippen LogP contribution in [-0.4, -0.2) is 5.96 Å². The summed E-state index contributed by atoms with van der Waals surface area (Å²) in [5.74, 6) is 0.0921. The first kappa shape index (κ1) is 13.1. The molecule has 0 amide bonds. The van der Waals surface area contributed by atoms with E-state index in [4.69, 9.17) is 5.73 Å². The van der Waals surface area contributed by atoms with Crippen LogP contribution in [0.1, 0.15) is 11.1 Å². The number of rotatable bonds is 3. The topological polar surface area (TPSA) is 50.4 Å². The number of halogens is 1. The smallest absolute Gasteiger partial charge is 0.193 e. The zero-order valence-electron chi connectivity index (χ0n) is 10.7. The van der Waals surface area contributed by atoms with Gasteiger partial charge < -0.3 is 11.1 Å². The highest BCUT2D eigenvalue weighted by Crippen LogP contribution is 2.10. The molecule has 0 unspecified atom stereocenters. The van der Waals surface area contributed by atoms with Crippen LogP contribution in [0.3, 0.4) is 0 Å². The van der Waals surface area contributed by atoms with E-state index >= 15 is 0 Å². The number of nitrogens with zero attached hydrogens (tertiary/aromatic N) is 1. The van der Waals surface area contributed by atoms with Gasteiger partial charge in [0.15, 0.2) is 5.96 Å². The average molecular weight is 257 g/mol.